The molecule has 0 atom stereocenters. The van der Waals surface area contributed by atoms with Gasteiger partial charge in [-0.3, -0.25) is 4.90 Å². The van der Waals surface area contributed by atoms with E-state index in [-0.39, 0.29) is 0 Å². The lowest BCUT2D eigenvalue weighted by atomic mass is 10.3. The van der Waals surface area contributed by atoms with Crippen LogP contribution in [0.5, 0.6) is 5.75 Å². The van der Waals surface area contributed by atoms with Crippen molar-refractivity contribution >= 4 is 21.9 Å². The topological polar surface area (TPSA) is 66.1 Å². The number of aliphatic imine (C=N–C) groups is 1. The number of guanidine groups is 1. The van der Waals surface area contributed by atoms with Crippen LogP contribution in [-0.2, 0) is 6.54 Å². The molecular weight excluding hydrogens is 410 g/mol. The predicted octanol–water partition coefficient (Wildman–Crippen LogP) is 2.60. The average Bonchev–Trinajstić information content (AvgIpc) is 3.18. The third kappa shape index (κ3) is 6.25. The number of hydrogen-bond donors (Lipinski definition) is 1. The number of hydrogen-bond acceptors (Lipinski definition) is 5. The van der Waals surface area contributed by atoms with E-state index >= 15 is 0 Å². The van der Waals surface area contributed by atoms with Crippen LogP contribution in [0.15, 0.2) is 50.6 Å². The van der Waals surface area contributed by atoms with Crippen molar-refractivity contribution in [1.82, 2.24) is 20.3 Å². The molecule has 0 amide bonds. The number of halogens is 1. The van der Waals surface area contributed by atoms with E-state index in [2.05, 4.69) is 43.1 Å². The fraction of sp³-hybridized carbons (Fsp3) is 0.474. The van der Waals surface area contributed by atoms with Gasteiger partial charge in [0, 0.05) is 49.8 Å². The van der Waals surface area contributed by atoms with E-state index in [4.69, 9.17) is 14.3 Å². The van der Waals surface area contributed by atoms with Gasteiger partial charge >= 0.3 is 0 Å². The van der Waals surface area contributed by atoms with Crippen LogP contribution in [0, 0.1) is 0 Å². The monoisotopic (exact) mass is 435 g/mol. The molecule has 1 N–H and O–H groups in total. The quantitative estimate of drug-likeness (QED) is 0.409. The number of ether oxygens (including phenoxy) is 1. The maximum absolute atomic E-state index is 5.77. The fourth-order valence-corrected chi connectivity index (χ4v) is 3.34. The van der Waals surface area contributed by atoms with Gasteiger partial charge in [0.05, 0.1) is 12.2 Å². The Labute approximate surface area is 168 Å². The highest BCUT2D eigenvalue weighted by Gasteiger charge is 2.20. The number of benzene rings is 1. The molecule has 0 aliphatic carbocycles. The summed E-state index contributed by atoms with van der Waals surface area (Å²) in [5.74, 6) is 1.81. The minimum absolute atomic E-state index is 0.553. The number of aromatic nitrogens is 1. The van der Waals surface area contributed by atoms with Crippen LogP contribution < -0.4 is 10.1 Å². The smallest absolute Gasteiger partial charge is 0.194 e. The maximum atomic E-state index is 5.77. The first-order valence-electron chi connectivity index (χ1n) is 9.28. The second kappa shape index (κ2) is 10.3. The summed E-state index contributed by atoms with van der Waals surface area (Å²) in [6, 6.07) is 9.78. The largest absolute Gasteiger partial charge is 0.492 e. The molecule has 146 valence electrons. The molecule has 3 rings (SSSR count). The Hall–Kier alpha value is -2.06. The molecule has 1 aromatic carbocycles. The van der Waals surface area contributed by atoms with Crippen molar-refractivity contribution in [2.45, 2.75) is 13.5 Å². The molecule has 7 nitrogen and oxygen atoms in total. The van der Waals surface area contributed by atoms with Crippen LogP contribution >= 0.6 is 15.9 Å². The minimum atomic E-state index is 0.553. The number of rotatable bonds is 7. The van der Waals surface area contributed by atoms with E-state index < -0.39 is 0 Å². The molecule has 0 unspecified atom stereocenters. The van der Waals surface area contributed by atoms with Gasteiger partial charge < -0.3 is 19.5 Å². The third-order valence-corrected chi connectivity index (χ3v) is 4.79. The van der Waals surface area contributed by atoms with Gasteiger partial charge in [-0.25, -0.2) is 4.99 Å². The zero-order valence-electron chi connectivity index (χ0n) is 15.6. The number of nitrogens with one attached hydrogen (secondary N) is 1. The predicted molar refractivity (Wildman–Crippen MR) is 109 cm³/mol. The highest BCUT2D eigenvalue weighted by atomic mass is 79.9. The zero-order chi connectivity index (χ0) is 18.9. The molecule has 8 heteroatoms. The van der Waals surface area contributed by atoms with Crippen molar-refractivity contribution in [3.8, 4) is 5.75 Å². The lowest BCUT2D eigenvalue weighted by molar-refractivity contribution is 0.169. The molecule has 1 saturated heterocycles. The van der Waals surface area contributed by atoms with Crippen LogP contribution in [0.4, 0.5) is 0 Å². The van der Waals surface area contributed by atoms with Gasteiger partial charge in [-0.05, 0) is 25.1 Å². The van der Waals surface area contributed by atoms with Gasteiger partial charge in [0.25, 0.3) is 0 Å². The van der Waals surface area contributed by atoms with E-state index in [9.17, 15) is 0 Å². The highest BCUT2D eigenvalue weighted by molar-refractivity contribution is 9.10. The molecule has 1 aromatic heterocycles. The van der Waals surface area contributed by atoms with E-state index in [1.54, 1.807) is 6.26 Å². The van der Waals surface area contributed by atoms with Crippen molar-refractivity contribution in [2.24, 2.45) is 4.99 Å². The maximum Gasteiger partial charge on any atom is 0.194 e. The van der Waals surface area contributed by atoms with E-state index in [0.29, 0.717) is 13.2 Å². The van der Waals surface area contributed by atoms with E-state index in [1.807, 2.05) is 30.3 Å². The Balaban J connectivity index is 1.46. The second-order valence-corrected chi connectivity index (χ2v) is 7.21. The van der Waals surface area contributed by atoms with E-state index in [0.717, 1.165) is 61.1 Å². The summed E-state index contributed by atoms with van der Waals surface area (Å²) in [5.41, 5.74) is 0.980. The summed E-state index contributed by atoms with van der Waals surface area (Å²) in [6.45, 7) is 8.78. The van der Waals surface area contributed by atoms with Crippen LogP contribution in [0.1, 0.15) is 12.6 Å². The summed E-state index contributed by atoms with van der Waals surface area (Å²) < 4.78 is 11.7. The first kappa shape index (κ1) is 19.7. The molecule has 1 aliphatic heterocycles. The van der Waals surface area contributed by atoms with Crippen LogP contribution in [0.2, 0.25) is 0 Å². The average molecular weight is 436 g/mol. The molecule has 1 fully saturated rings. The summed E-state index contributed by atoms with van der Waals surface area (Å²) >= 11 is 3.45. The van der Waals surface area contributed by atoms with Crippen molar-refractivity contribution in [1.29, 1.82) is 0 Å². The molecule has 1 aliphatic rings. The molecular formula is C19H26BrN5O2. The number of nitrogens with zero attached hydrogens (tertiary/aromatic N) is 4. The van der Waals surface area contributed by atoms with Crippen LogP contribution in [0.25, 0.3) is 0 Å². The SMILES string of the molecule is CCNC(=NCCOc1cccc(Br)c1)N1CCN(Cc2ccon2)CC1. The van der Waals surface area contributed by atoms with Crippen molar-refractivity contribution in [3.05, 3.63) is 46.8 Å². The van der Waals surface area contributed by atoms with Crippen LogP contribution in [-0.4, -0.2) is 66.8 Å². The first-order chi connectivity index (χ1) is 13.2. The molecule has 0 spiro atoms. The molecule has 0 radical (unpaired) electrons. The lowest BCUT2D eigenvalue weighted by Crippen LogP contribution is -2.52. The normalized spacial score (nSPS) is 15.8. The van der Waals surface area contributed by atoms with E-state index in [1.165, 1.54) is 0 Å². The van der Waals surface area contributed by atoms with Crippen molar-refractivity contribution < 1.29 is 9.26 Å². The summed E-state index contributed by atoms with van der Waals surface area (Å²) in [7, 11) is 0. The summed E-state index contributed by atoms with van der Waals surface area (Å²) in [4.78, 5) is 9.41. The van der Waals surface area contributed by atoms with Gasteiger partial charge in [-0.2, -0.15) is 0 Å². The van der Waals surface area contributed by atoms with Gasteiger partial charge in [0.2, 0.25) is 0 Å². The Morgan fingerprint density at radius 3 is 2.85 bits per heavy atom. The van der Waals surface area contributed by atoms with Gasteiger partial charge in [-0.1, -0.05) is 27.2 Å². The standard InChI is InChI=1S/C19H26BrN5O2/c1-2-21-19(22-7-13-26-18-5-3-4-16(20)14-18)25-10-8-24(9-11-25)15-17-6-12-27-23-17/h3-6,12,14H,2,7-11,13,15H2,1H3,(H,21,22). The third-order valence-electron chi connectivity index (χ3n) is 4.30. The fourth-order valence-electron chi connectivity index (χ4n) is 2.96. The highest BCUT2D eigenvalue weighted by Crippen LogP contribution is 2.17. The molecule has 2 aromatic rings. The Morgan fingerprint density at radius 1 is 1.30 bits per heavy atom. The van der Waals surface area contributed by atoms with Crippen molar-refractivity contribution in [2.75, 3.05) is 45.9 Å². The molecule has 0 saturated carbocycles. The lowest BCUT2D eigenvalue weighted by Gasteiger charge is -2.36. The van der Waals surface area contributed by atoms with Crippen LogP contribution in [0.3, 0.4) is 0 Å². The van der Waals surface area contributed by atoms with Gasteiger partial charge in [0.1, 0.15) is 18.6 Å². The van der Waals surface area contributed by atoms with Gasteiger partial charge in [0.15, 0.2) is 5.96 Å². The second-order valence-electron chi connectivity index (χ2n) is 6.30. The molecule has 0 bridgehead atoms. The Kier molecular flexibility index (Phi) is 7.53. The van der Waals surface area contributed by atoms with Gasteiger partial charge in [-0.15, -0.1) is 0 Å². The zero-order valence-corrected chi connectivity index (χ0v) is 17.2. The Morgan fingerprint density at radius 2 is 2.15 bits per heavy atom. The van der Waals surface area contributed by atoms with Crippen molar-refractivity contribution in [3.63, 3.8) is 0 Å². The minimum Gasteiger partial charge on any atom is -0.492 e. The summed E-state index contributed by atoms with van der Waals surface area (Å²) in [5, 5.41) is 7.38. The Bertz CT molecular complexity index is 715. The first-order valence-corrected chi connectivity index (χ1v) is 10.1. The number of piperazine rings is 1. The summed E-state index contributed by atoms with van der Waals surface area (Å²) in [6.07, 6.45) is 1.62. The molecule has 2 heterocycles. The molecule has 27 heavy (non-hydrogen) atoms.